The van der Waals surface area contributed by atoms with E-state index in [1.54, 1.807) is 12.4 Å². The normalized spacial score (nSPS) is 11.3. The molecule has 0 aliphatic carbocycles. The molecule has 4 nitrogen and oxygen atoms in total. The number of nitrogen functional groups attached to an aromatic ring is 1. The molecule has 94 valence electrons. The van der Waals surface area contributed by atoms with Gasteiger partial charge in [-0.2, -0.15) is 0 Å². The third-order valence-corrected chi connectivity index (χ3v) is 2.58. The fraction of sp³-hybridized carbons (Fsp3) is 0.286. The van der Waals surface area contributed by atoms with E-state index in [1.807, 2.05) is 18.2 Å². The van der Waals surface area contributed by atoms with E-state index in [1.165, 1.54) is 5.56 Å². The Labute approximate surface area is 107 Å². The van der Waals surface area contributed by atoms with Gasteiger partial charge in [0.1, 0.15) is 5.75 Å². The molecule has 0 aliphatic rings. The van der Waals surface area contributed by atoms with E-state index in [-0.39, 0.29) is 11.4 Å². The van der Waals surface area contributed by atoms with E-state index < -0.39 is 0 Å². The molecule has 18 heavy (non-hydrogen) atoms. The van der Waals surface area contributed by atoms with Crippen LogP contribution in [0.3, 0.4) is 0 Å². The Balaban J connectivity index is 2.22. The van der Waals surface area contributed by atoms with Gasteiger partial charge in [0, 0.05) is 0 Å². The molecule has 4 heteroatoms. The molecule has 1 heterocycles. The number of ether oxygens (including phenoxy) is 1. The molecule has 1 aromatic carbocycles. The molecule has 0 atom stereocenters. The van der Waals surface area contributed by atoms with Crippen molar-refractivity contribution >= 4 is 5.95 Å². The van der Waals surface area contributed by atoms with Crippen LogP contribution in [0.1, 0.15) is 26.3 Å². The van der Waals surface area contributed by atoms with Crippen LogP contribution in [-0.2, 0) is 5.41 Å². The van der Waals surface area contributed by atoms with Gasteiger partial charge in [-0.1, -0.05) is 32.9 Å². The minimum Gasteiger partial charge on any atom is -0.454 e. The van der Waals surface area contributed by atoms with Gasteiger partial charge in [-0.05, 0) is 23.1 Å². The lowest BCUT2D eigenvalue weighted by Gasteiger charge is -2.19. The van der Waals surface area contributed by atoms with E-state index in [9.17, 15) is 0 Å². The monoisotopic (exact) mass is 243 g/mol. The van der Waals surface area contributed by atoms with Crippen LogP contribution in [0.5, 0.6) is 11.5 Å². The minimum atomic E-state index is 0.0942. The summed E-state index contributed by atoms with van der Waals surface area (Å²) in [5.74, 6) is 1.59. The molecule has 0 spiro atoms. The molecule has 2 N–H and O–H groups in total. The van der Waals surface area contributed by atoms with Gasteiger partial charge in [0.05, 0.1) is 12.4 Å². The highest BCUT2D eigenvalue weighted by molar-refractivity contribution is 5.35. The fourth-order valence-electron chi connectivity index (χ4n) is 1.54. The minimum absolute atomic E-state index is 0.0942. The first kappa shape index (κ1) is 12.4. The lowest BCUT2D eigenvalue weighted by Crippen LogP contribution is -2.10. The zero-order valence-corrected chi connectivity index (χ0v) is 10.8. The van der Waals surface area contributed by atoms with Gasteiger partial charge >= 0.3 is 0 Å². The first-order chi connectivity index (χ1) is 8.45. The van der Waals surface area contributed by atoms with Crippen molar-refractivity contribution in [2.24, 2.45) is 0 Å². The van der Waals surface area contributed by atoms with Crippen LogP contribution in [0.15, 0.2) is 36.7 Å². The van der Waals surface area contributed by atoms with E-state index >= 15 is 0 Å². The standard InChI is InChI=1S/C14H17N3O/c1-14(2,3)10-5-4-6-11(7-10)18-12-8-16-13(15)17-9-12/h4-9H,1-3H3,(H2,15,16,17). The van der Waals surface area contributed by atoms with Crippen molar-refractivity contribution in [1.82, 2.24) is 9.97 Å². The number of aromatic nitrogens is 2. The van der Waals surface area contributed by atoms with Crippen LogP contribution in [0.2, 0.25) is 0 Å². The van der Waals surface area contributed by atoms with Gasteiger partial charge < -0.3 is 10.5 Å². The van der Waals surface area contributed by atoms with Crippen LogP contribution in [0.4, 0.5) is 5.95 Å². The number of nitrogens with zero attached hydrogens (tertiary/aromatic N) is 2. The smallest absolute Gasteiger partial charge is 0.220 e. The molecule has 2 rings (SSSR count). The quantitative estimate of drug-likeness (QED) is 0.880. The largest absolute Gasteiger partial charge is 0.454 e. The number of hydrogen-bond acceptors (Lipinski definition) is 4. The molecule has 1 aromatic heterocycles. The van der Waals surface area contributed by atoms with Gasteiger partial charge in [-0.15, -0.1) is 0 Å². The van der Waals surface area contributed by atoms with Crippen LogP contribution in [-0.4, -0.2) is 9.97 Å². The predicted octanol–water partition coefficient (Wildman–Crippen LogP) is 3.15. The fourth-order valence-corrected chi connectivity index (χ4v) is 1.54. The van der Waals surface area contributed by atoms with Crippen molar-refractivity contribution in [2.45, 2.75) is 26.2 Å². The highest BCUT2D eigenvalue weighted by Gasteiger charge is 2.14. The van der Waals surface area contributed by atoms with Gasteiger partial charge in [0.2, 0.25) is 5.95 Å². The van der Waals surface area contributed by atoms with Crippen molar-refractivity contribution in [1.29, 1.82) is 0 Å². The van der Waals surface area contributed by atoms with Crippen molar-refractivity contribution < 1.29 is 4.74 Å². The Bertz CT molecular complexity index is 529. The molecule has 0 amide bonds. The Kier molecular flexibility index (Phi) is 3.19. The first-order valence-corrected chi connectivity index (χ1v) is 5.81. The first-order valence-electron chi connectivity index (χ1n) is 5.81. The average molecular weight is 243 g/mol. The summed E-state index contributed by atoms with van der Waals surface area (Å²) in [6.07, 6.45) is 3.12. The van der Waals surface area contributed by atoms with Gasteiger partial charge in [-0.3, -0.25) is 0 Å². The summed E-state index contributed by atoms with van der Waals surface area (Å²) in [6.45, 7) is 6.50. The van der Waals surface area contributed by atoms with Gasteiger partial charge in [0.15, 0.2) is 5.75 Å². The summed E-state index contributed by atoms with van der Waals surface area (Å²) < 4.78 is 5.69. The summed E-state index contributed by atoms with van der Waals surface area (Å²) in [4.78, 5) is 7.78. The Morgan fingerprint density at radius 1 is 1.06 bits per heavy atom. The van der Waals surface area contributed by atoms with Crippen LogP contribution >= 0.6 is 0 Å². The van der Waals surface area contributed by atoms with Crippen LogP contribution < -0.4 is 10.5 Å². The van der Waals surface area contributed by atoms with Crippen LogP contribution in [0.25, 0.3) is 0 Å². The topological polar surface area (TPSA) is 61.0 Å². The van der Waals surface area contributed by atoms with E-state index in [0.29, 0.717) is 5.75 Å². The zero-order chi connectivity index (χ0) is 13.2. The second-order valence-corrected chi connectivity index (χ2v) is 5.16. The maximum Gasteiger partial charge on any atom is 0.220 e. The van der Waals surface area contributed by atoms with Crippen molar-refractivity contribution in [3.8, 4) is 11.5 Å². The molecule has 0 bridgehead atoms. The molecule has 0 fully saturated rings. The maximum absolute atomic E-state index is 5.69. The Hall–Kier alpha value is -2.10. The summed E-state index contributed by atoms with van der Waals surface area (Å²) in [5.41, 5.74) is 6.74. The number of hydrogen-bond donors (Lipinski definition) is 1. The second kappa shape index (κ2) is 4.64. The van der Waals surface area contributed by atoms with E-state index in [4.69, 9.17) is 10.5 Å². The lowest BCUT2D eigenvalue weighted by molar-refractivity contribution is 0.474. The molecule has 0 aliphatic heterocycles. The summed E-state index contributed by atoms with van der Waals surface area (Å²) in [7, 11) is 0. The SMILES string of the molecule is CC(C)(C)c1cccc(Oc2cnc(N)nc2)c1. The van der Waals surface area contributed by atoms with E-state index in [0.717, 1.165) is 5.75 Å². The van der Waals surface area contributed by atoms with Crippen LogP contribution in [0, 0.1) is 0 Å². The summed E-state index contributed by atoms with van der Waals surface area (Å²) in [6, 6.07) is 8.00. The zero-order valence-electron chi connectivity index (χ0n) is 10.8. The van der Waals surface area contributed by atoms with Crippen molar-refractivity contribution in [3.63, 3.8) is 0 Å². The molecule has 0 saturated carbocycles. The second-order valence-electron chi connectivity index (χ2n) is 5.16. The maximum atomic E-state index is 5.69. The number of benzene rings is 1. The molecule has 0 radical (unpaired) electrons. The van der Waals surface area contributed by atoms with Gasteiger partial charge in [-0.25, -0.2) is 9.97 Å². The molecule has 0 unspecified atom stereocenters. The summed E-state index contributed by atoms with van der Waals surface area (Å²) in [5, 5.41) is 0. The molecule has 2 aromatic rings. The number of nitrogens with two attached hydrogens (primary N) is 1. The number of rotatable bonds is 2. The molecular weight excluding hydrogens is 226 g/mol. The van der Waals surface area contributed by atoms with Crippen molar-refractivity contribution in [2.75, 3.05) is 5.73 Å². The highest BCUT2D eigenvalue weighted by Crippen LogP contribution is 2.27. The average Bonchev–Trinajstić information content (AvgIpc) is 2.31. The third-order valence-electron chi connectivity index (χ3n) is 2.58. The highest BCUT2D eigenvalue weighted by atomic mass is 16.5. The molecule has 0 saturated heterocycles. The predicted molar refractivity (Wildman–Crippen MR) is 71.7 cm³/mol. The van der Waals surface area contributed by atoms with Crippen molar-refractivity contribution in [3.05, 3.63) is 42.2 Å². The van der Waals surface area contributed by atoms with E-state index in [2.05, 4.69) is 36.8 Å². The number of anilines is 1. The summed E-state index contributed by atoms with van der Waals surface area (Å²) >= 11 is 0. The third kappa shape index (κ3) is 2.97. The lowest BCUT2D eigenvalue weighted by atomic mass is 9.87. The Morgan fingerprint density at radius 2 is 1.72 bits per heavy atom. The Morgan fingerprint density at radius 3 is 2.33 bits per heavy atom. The molecular formula is C14H17N3O. The van der Waals surface area contributed by atoms with Gasteiger partial charge in [0.25, 0.3) is 0 Å².